The number of hydrogen-bond acceptors (Lipinski definition) is 2. The van der Waals surface area contributed by atoms with E-state index >= 15 is 0 Å². The fraction of sp³-hybridized carbons (Fsp3) is 1.00. The second-order valence-corrected chi connectivity index (χ2v) is 4.59. The summed E-state index contributed by atoms with van der Waals surface area (Å²) in [4.78, 5) is 2.54. The predicted molar refractivity (Wildman–Crippen MR) is 57.7 cm³/mol. The van der Waals surface area contributed by atoms with E-state index in [1.54, 1.807) is 0 Å². The maximum Gasteiger partial charge on any atom is 0.00797 e. The average Bonchev–Trinajstić information content (AvgIpc) is 2.52. The summed E-state index contributed by atoms with van der Waals surface area (Å²) in [5.41, 5.74) is 6.13. The highest BCUT2D eigenvalue weighted by molar-refractivity contribution is 4.84. The molecule has 0 radical (unpaired) electrons. The maximum absolute atomic E-state index is 6.13. The first kappa shape index (κ1) is 11.0. The quantitative estimate of drug-likeness (QED) is 0.722. The number of hydrogen-bond donors (Lipinski definition) is 1. The van der Waals surface area contributed by atoms with Crippen LogP contribution in [0.25, 0.3) is 0 Å². The molecule has 1 saturated heterocycles. The van der Waals surface area contributed by atoms with E-state index < -0.39 is 0 Å². The van der Waals surface area contributed by atoms with Crippen molar-refractivity contribution in [1.82, 2.24) is 4.90 Å². The van der Waals surface area contributed by atoms with Crippen molar-refractivity contribution in [2.45, 2.75) is 52.1 Å². The number of likely N-dealkylation sites (tertiary alicyclic amines) is 1. The molecule has 1 aliphatic rings. The monoisotopic (exact) mass is 184 g/mol. The van der Waals surface area contributed by atoms with Gasteiger partial charge in [-0.3, -0.25) is 0 Å². The molecular formula is C11H24N2. The maximum atomic E-state index is 6.13. The van der Waals surface area contributed by atoms with Gasteiger partial charge in [-0.15, -0.1) is 0 Å². The van der Waals surface area contributed by atoms with Gasteiger partial charge in [0.2, 0.25) is 0 Å². The van der Waals surface area contributed by atoms with E-state index in [0.717, 1.165) is 5.92 Å². The normalized spacial score (nSPS) is 27.0. The van der Waals surface area contributed by atoms with E-state index in [0.29, 0.717) is 12.1 Å². The van der Waals surface area contributed by atoms with Gasteiger partial charge in [0.05, 0.1) is 0 Å². The van der Waals surface area contributed by atoms with Gasteiger partial charge in [-0.05, 0) is 39.2 Å². The highest BCUT2D eigenvalue weighted by Crippen LogP contribution is 2.22. The van der Waals surface area contributed by atoms with Crippen LogP contribution in [0.3, 0.4) is 0 Å². The molecule has 2 nitrogen and oxygen atoms in total. The van der Waals surface area contributed by atoms with Crippen LogP contribution in [0, 0.1) is 5.92 Å². The zero-order chi connectivity index (χ0) is 9.84. The third-order valence-electron chi connectivity index (χ3n) is 3.21. The number of rotatable bonds is 4. The van der Waals surface area contributed by atoms with Crippen molar-refractivity contribution in [2.24, 2.45) is 11.7 Å². The summed E-state index contributed by atoms with van der Waals surface area (Å²) in [7, 11) is 0. The predicted octanol–water partition coefficient (Wildman–Crippen LogP) is 1.84. The van der Waals surface area contributed by atoms with Gasteiger partial charge in [-0.1, -0.05) is 13.3 Å². The molecule has 2 atom stereocenters. The lowest BCUT2D eigenvalue weighted by Gasteiger charge is -2.22. The Morgan fingerprint density at radius 2 is 2.15 bits per heavy atom. The Hall–Kier alpha value is -0.0800. The summed E-state index contributed by atoms with van der Waals surface area (Å²) in [5.74, 6) is 0.752. The molecule has 2 heteroatoms. The van der Waals surface area contributed by atoms with Gasteiger partial charge >= 0.3 is 0 Å². The second kappa shape index (κ2) is 4.97. The molecule has 78 valence electrons. The van der Waals surface area contributed by atoms with Crippen molar-refractivity contribution < 1.29 is 0 Å². The summed E-state index contributed by atoms with van der Waals surface area (Å²) in [6.45, 7) is 9.23. The molecule has 0 unspecified atom stereocenters. The van der Waals surface area contributed by atoms with E-state index in [9.17, 15) is 0 Å². The average molecular weight is 184 g/mol. The molecule has 0 aromatic heterocycles. The molecule has 0 spiro atoms. The highest BCUT2D eigenvalue weighted by atomic mass is 15.2. The molecule has 0 saturated carbocycles. The Labute approximate surface area is 82.5 Å². The Kier molecular flexibility index (Phi) is 4.20. The van der Waals surface area contributed by atoms with Crippen molar-refractivity contribution in [1.29, 1.82) is 0 Å². The Bertz CT molecular complexity index is 145. The van der Waals surface area contributed by atoms with Crippen LogP contribution in [-0.2, 0) is 0 Å². The lowest BCUT2D eigenvalue weighted by atomic mass is 9.96. The van der Waals surface area contributed by atoms with E-state index in [2.05, 4.69) is 25.7 Å². The first-order chi connectivity index (χ1) is 6.15. The van der Waals surface area contributed by atoms with Crippen LogP contribution in [0.4, 0.5) is 0 Å². The largest absolute Gasteiger partial charge is 0.327 e. The van der Waals surface area contributed by atoms with Crippen LogP contribution < -0.4 is 5.73 Å². The van der Waals surface area contributed by atoms with E-state index in [1.165, 1.54) is 32.4 Å². The fourth-order valence-corrected chi connectivity index (χ4v) is 2.20. The summed E-state index contributed by atoms with van der Waals surface area (Å²) in [5, 5.41) is 0. The molecular weight excluding hydrogens is 160 g/mol. The Balaban J connectivity index is 2.31. The lowest BCUT2D eigenvalue weighted by Crippen LogP contribution is -2.34. The van der Waals surface area contributed by atoms with Gasteiger partial charge in [0.25, 0.3) is 0 Å². The van der Waals surface area contributed by atoms with Crippen molar-refractivity contribution in [3.63, 3.8) is 0 Å². The summed E-state index contributed by atoms with van der Waals surface area (Å²) in [6, 6.07) is 1.13. The van der Waals surface area contributed by atoms with Crippen molar-refractivity contribution in [3.05, 3.63) is 0 Å². The zero-order valence-corrected chi connectivity index (χ0v) is 9.29. The Morgan fingerprint density at radius 1 is 1.46 bits per heavy atom. The molecule has 0 aliphatic carbocycles. The van der Waals surface area contributed by atoms with Crippen LogP contribution >= 0.6 is 0 Å². The van der Waals surface area contributed by atoms with Gasteiger partial charge < -0.3 is 10.6 Å². The number of nitrogens with zero attached hydrogens (tertiary/aromatic N) is 1. The summed E-state index contributed by atoms with van der Waals surface area (Å²) in [6.07, 6.45) is 3.72. The van der Waals surface area contributed by atoms with Gasteiger partial charge in [0, 0.05) is 18.6 Å². The molecule has 0 aromatic carbocycles. The standard InChI is InChI=1S/C11H24N2/c1-4-5-11(12)10-6-7-13(8-10)9(2)3/h9-11H,4-8,12H2,1-3H3/t10-,11-/m1/s1. The molecule has 0 bridgehead atoms. The summed E-state index contributed by atoms with van der Waals surface area (Å²) >= 11 is 0. The zero-order valence-electron chi connectivity index (χ0n) is 9.29. The van der Waals surface area contributed by atoms with E-state index in [-0.39, 0.29) is 0 Å². The highest BCUT2D eigenvalue weighted by Gasteiger charge is 2.27. The first-order valence-electron chi connectivity index (χ1n) is 5.64. The molecule has 2 N–H and O–H groups in total. The molecule has 1 heterocycles. The molecule has 0 aromatic rings. The minimum absolute atomic E-state index is 0.439. The number of nitrogens with two attached hydrogens (primary N) is 1. The smallest absolute Gasteiger partial charge is 0.00797 e. The van der Waals surface area contributed by atoms with Gasteiger partial charge in [0.15, 0.2) is 0 Å². The molecule has 0 amide bonds. The summed E-state index contributed by atoms with van der Waals surface area (Å²) < 4.78 is 0. The third kappa shape index (κ3) is 2.96. The van der Waals surface area contributed by atoms with Crippen molar-refractivity contribution in [3.8, 4) is 0 Å². The molecule has 1 fully saturated rings. The van der Waals surface area contributed by atoms with Gasteiger partial charge in [0.1, 0.15) is 0 Å². The van der Waals surface area contributed by atoms with Crippen LogP contribution in [0.15, 0.2) is 0 Å². The van der Waals surface area contributed by atoms with Crippen LogP contribution in [-0.4, -0.2) is 30.1 Å². The second-order valence-electron chi connectivity index (χ2n) is 4.59. The van der Waals surface area contributed by atoms with E-state index in [1.807, 2.05) is 0 Å². The van der Waals surface area contributed by atoms with E-state index in [4.69, 9.17) is 5.73 Å². The molecule has 13 heavy (non-hydrogen) atoms. The Morgan fingerprint density at radius 3 is 2.62 bits per heavy atom. The van der Waals surface area contributed by atoms with Crippen LogP contribution in [0.1, 0.15) is 40.0 Å². The fourth-order valence-electron chi connectivity index (χ4n) is 2.20. The third-order valence-corrected chi connectivity index (χ3v) is 3.21. The minimum atomic E-state index is 0.439. The van der Waals surface area contributed by atoms with Crippen molar-refractivity contribution >= 4 is 0 Å². The first-order valence-corrected chi connectivity index (χ1v) is 5.64. The minimum Gasteiger partial charge on any atom is -0.327 e. The molecule has 1 rings (SSSR count). The van der Waals surface area contributed by atoms with Gasteiger partial charge in [-0.2, -0.15) is 0 Å². The van der Waals surface area contributed by atoms with Crippen LogP contribution in [0.2, 0.25) is 0 Å². The van der Waals surface area contributed by atoms with Crippen LogP contribution in [0.5, 0.6) is 0 Å². The molecule has 1 aliphatic heterocycles. The topological polar surface area (TPSA) is 29.3 Å². The van der Waals surface area contributed by atoms with Gasteiger partial charge in [-0.25, -0.2) is 0 Å². The SMILES string of the molecule is CCC[C@@H](N)[C@@H]1CCN(C(C)C)C1. The lowest BCUT2D eigenvalue weighted by molar-refractivity contribution is 0.256. The van der Waals surface area contributed by atoms with Crippen molar-refractivity contribution in [2.75, 3.05) is 13.1 Å².